The maximum absolute atomic E-state index is 8.31. The van der Waals surface area contributed by atoms with Gasteiger partial charge in [-0.25, -0.2) is 4.98 Å². The Morgan fingerprint density at radius 3 is 3.00 bits per heavy atom. The summed E-state index contributed by atoms with van der Waals surface area (Å²) < 4.78 is 0. The molecular weight excluding hydrogens is 218 g/mol. The molecule has 2 N–H and O–H groups in total. The van der Waals surface area contributed by atoms with Crippen molar-refractivity contribution in [1.82, 2.24) is 4.98 Å². The van der Waals surface area contributed by atoms with Crippen LogP contribution in [0.1, 0.15) is 12.0 Å². The summed E-state index contributed by atoms with van der Waals surface area (Å²) >= 11 is 1.73. The van der Waals surface area contributed by atoms with Crippen molar-refractivity contribution in [3.8, 4) is 6.07 Å². The predicted molar refractivity (Wildman–Crippen MR) is 62.3 cm³/mol. The lowest BCUT2D eigenvalue weighted by Crippen LogP contribution is -1.91. The van der Waals surface area contributed by atoms with Gasteiger partial charge in [0.1, 0.15) is 5.82 Å². The number of nitriles is 1. The molecule has 0 spiro atoms. The van der Waals surface area contributed by atoms with E-state index < -0.39 is 0 Å². The number of nitrogens with two attached hydrogens (primary N) is 1. The smallest absolute Gasteiger partial charge is 0.123 e. The molecule has 1 aromatic heterocycles. The molecule has 0 fully saturated rings. The predicted octanol–water partition coefficient (Wildman–Crippen LogP) is 2.23. The molecule has 14 heavy (non-hydrogen) atoms. The standard InChI is InChI=1S/C9H11N3S.ClH/c10-3-1-5-13-7-8-2-4-12-9(11)6-8;/h2,4,6H,1,5,7H2,(H2,11,12);1H. The Hall–Kier alpha value is -0.920. The fraction of sp³-hybridized carbons (Fsp3) is 0.333. The van der Waals surface area contributed by atoms with Crippen LogP contribution in [0.2, 0.25) is 0 Å². The van der Waals surface area contributed by atoms with Crippen molar-refractivity contribution in [3.63, 3.8) is 0 Å². The summed E-state index contributed by atoms with van der Waals surface area (Å²) in [6, 6.07) is 5.91. The van der Waals surface area contributed by atoms with Crippen LogP contribution in [-0.4, -0.2) is 10.7 Å². The maximum atomic E-state index is 8.31. The van der Waals surface area contributed by atoms with E-state index in [4.69, 9.17) is 11.0 Å². The van der Waals surface area contributed by atoms with Crippen LogP contribution in [0.4, 0.5) is 5.82 Å². The van der Waals surface area contributed by atoms with Gasteiger partial charge in [0.15, 0.2) is 0 Å². The van der Waals surface area contributed by atoms with E-state index >= 15 is 0 Å². The highest BCUT2D eigenvalue weighted by Gasteiger charge is 1.94. The normalized spacial score (nSPS) is 8.79. The first-order valence-electron chi connectivity index (χ1n) is 3.98. The van der Waals surface area contributed by atoms with E-state index in [0.717, 1.165) is 17.1 Å². The fourth-order valence-corrected chi connectivity index (χ4v) is 1.69. The van der Waals surface area contributed by atoms with Crippen LogP contribution in [0.25, 0.3) is 0 Å². The van der Waals surface area contributed by atoms with Gasteiger partial charge in [0, 0.05) is 24.1 Å². The lowest BCUT2D eigenvalue weighted by molar-refractivity contribution is 1.23. The SMILES string of the molecule is Cl.N#CCCSCc1ccnc(N)c1. The second-order valence-corrected chi connectivity index (χ2v) is 3.65. The molecule has 0 radical (unpaired) electrons. The van der Waals surface area contributed by atoms with Gasteiger partial charge < -0.3 is 5.73 Å². The number of aromatic nitrogens is 1. The van der Waals surface area contributed by atoms with Crippen LogP contribution < -0.4 is 5.73 Å². The van der Waals surface area contributed by atoms with E-state index in [1.165, 1.54) is 0 Å². The highest BCUT2D eigenvalue weighted by molar-refractivity contribution is 7.98. The summed E-state index contributed by atoms with van der Waals surface area (Å²) in [5.41, 5.74) is 6.68. The summed E-state index contributed by atoms with van der Waals surface area (Å²) in [6.07, 6.45) is 2.31. The molecule has 0 unspecified atom stereocenters. The molecule has 0 atom stereocenters. The average Bonchev–Trinajstić information content (AvgIpc) is 2.13. The number of hydrogen-bond donors (Lipinski definition) is 1. The van der Waals surface area contributed by atoms with Crippen molar-refractivity contribution in [2.75, 3.05) is 11.5 Å². The monoisotopic (exact) mass is 229 g/mol. The number of rotatable bonds is 4. The van der Waals surface area contributed by atoms with E-state index in [9.17, 15) is 0 Å². The van der Waals surface area contributed by atoms with Gasteiger partial charge in [-0.2, -0.15) is 17.0 Å². The van der Waals surface area contributed by atoms with Crippen LogP contribution in [0.15, 0.2) is 18.3 Å². The number of halogens is 1. The number of anilines is 1. The van der Waals surface area contributed by atoms with E-state index in [2.05, 4.69) is 11.1 Å². The summed E-state index contributed by atoms with van der Waals surface area (Å²) in [5, 5.41) is 8.31. The summed E-state index contributed by atoms with van der Waals surface area (Å²) in [5.74, 6) is 2.33. The molecule has 0 saturated carbocycles. The van der Waals surface area contributed by atoms with Crippen molar-refractivity contribution in [2.45, 2.75) is 12.2 Å². The van der Waals surface area contributed by atoms with Crippen LogP contribution in [0, 0.1) is 11.3 Å². The maximum Gasteiger partial charge on any atom is 0.123 e. The quantitative estimate of drug-likeness (QED) is 0.805. The molecule has 1 heterocycles. The third kappa shape index (κ3) is 4.95. The van der Waals surface area contributed by atoms with Gasteiger partial charge in [0.05, 0.1) is 6.07 Å². The lowest BCUT2D eigenvalue weighted by atomic mass is 10.3. The molecule has 0 bridgehead atoms. The third-order valence-electron chi connectivity index (χ3n) is 1.47. The second kappa shape index (κ2) is 7.48. The zero-order valence-electron chi connectivity index (χ0n) is 7.64. The minimum Gasteiger partial charge on any atom is -0.384 e. The Labute approximate surface area is 94.1 Å². The summed E-state index contributed by atoms with van der Waals surface area (Å²) in [7, 11) is 0. The highest BCUT2D eigenvalue weighted by atomic mass is 35.5. The topological polar surface area (TPSA) is 62.7 Å². The lowest BCUT2D eigenvalue weighted by Gasteiger charge is -1.99. The third-order valence-corrected chi connectivity index (χ3v) is 2.50. The van der Waals surface area contributed by atoms with Crippen LogP contribution in [0.5, 0.6) is 0 Å². The zero-order chi connectivity index (χ0) is 9.52. The summed E-state index contributed by atoms with van der Waals surface area (Å²) in [4.78, 5) is 3.90. The molecule has 0 amide bonds. The number of pyridine rings is 1. The number of hydrogen-bond acceptors (Lipinski definition) is 4. The van der Waals surface area contributed by atoms with Crippen molar-refractivity contribution in [1.29, 1.82) is 5.26 Å². The summed E-state index contributed by atoms with van der Waals surface area (Å²) in [6.45, 7) is 0. The molecular formula is C9H12ClN3S. The molecule has 0 aliphatic carbocycles. The van der Waals surface area contributed by atoms with Gasteiger partial charge in [-0.1, -0.05) is 0 Å². The number of nitrogens with zero attached hydrogens (tertiary/aromatic N) is 2. The number of thioether (sulfide) groups is 1. The van der Waals surface area contributed by atoms with Crippen molar-refractivity contribution in [2.24, 2.45) is 0 Å². The average molecular weight is 230 g/mol. The molecule has 1 aromatic rings. The van der Waals surface area contributed by atoms with Gasteiger partial charge in [0.2, 0.25) is 0 Å². The Morgan fingerprint density at radius 1 is 1.57 bits per heavy atom. The van der Waals surface area contributed by atoms with Crippen molar-refractivity contribution in [3.05, 3.63) is 23.9 Å². The second-order valence-electron chi connectivity index (χ2n) is 2.55. The van der Waals surface area contributed by atoms with Crippen LogP contribution in [-0.2, 0) is 5.75 Å². The molecule has 0 aliphatic rings. The first kappa shape index (κ1) is 13.1. The van der Waals surface area contributed by atoms with E-state index in [1.807, 2.05) is 12.1 Å². The van der Waals surface area contributed by atoms with Gasteiger partial charge in [-0.3, -0.25) is 0 Å². The largest absolute Gasteiger partial charge is 0.384 e. The Morgan fingerprint density at radius 2 is 2.36 bits per heavy atom. The molecule has 5 heteroatoms. The highest BCUT2D eigenvalue weighted by Crippen LogP contribution is 2.13. The molecule has 0 aliphatic heterocycles. The number of nitrogen functional groups attached to an aromatic ring is 1. The minimum absolute atomic E-state index is 0. The van der Waals surface area contributed by atoms with Crippen LogP contribution >= 0.6 is 24.2 Å². The Bertz CT molecular complexity index is 311. The Balaban J connectivity index is 0.00000169. The molecule has 3 nitrogen and oxygen atoms in total. The van der Waals surface area contributed by atoms with Crippen molar-refractivity contribution >= 4 is 30.0 Å². The zero-order valence-corrected chi connectivity index (χ0v) is 9.27. The van der Waals surface area contributed by atoms with E-state index in [1.54, 1.807) is 18.0 Å². The molecule has 0 aromatic carbocycles. The van der Waals surface area contributed by atoms with Gasteiger partial charge in [-0.15, -0.1) is 12.4 Å². The van der Waals surface area contributed by atoms with Gasteiger partial charge in [0.25, 0.3) is 0 Å². The van der Waals surface area contributed by atoms with E-state index in [0.29, 0.717) is 12.2 Å². The van der Waals surface area contributed by atoms with Gasteiger partial charge >= 0.3 is 0 Å². The molecule has 76 valence electrons. The first-order valence-corrected chi connectivity index (χ1v) is 5.13. The van der Waals surface area contributed by atoms with E-state index in [-0.39, 0.29) is 12.4 Å². The van der Waals surface area contributed by atoms with Gasteiger partial charge in [-0.05, 0) is 17.7 Å². The van der Waals surface area contributed by atoms with Crippen LogP contribution in [0.3, 0.4) is 0 Å². The molecule has 0 saturated heterocycles. The fourth-order valence-electron chi connectivity index (χ4n) is 0.892. The molecule has 1 rings (SSSR count). The Kier molecular flexibility index (Phi) is 6.99. The first-order chi connectivity index (χ1) is 6.33. The van der Waals surface area contributed by atoms with Crippen molar-refractivity contribution < 1.29 is 0 Å². The minimum atomic E-state index is 0.